The van der Waals surface area contributed by atoms with Gasteiger partial charge in [0, 0.05) is 10.6 Å². The Kier molecular flexibility index (Phi) is 4.52. The Morgan fingerprint density at radius 3 is 2.80 bits per heavy atom. The van der Waals surface area contributed by atoms with Gasteiger partial charge in [-0.25, -0.2) is 9.78 Å². The van der Waals surface area contributed by atoms with Crippen LogP contribution >= 0.6 is 22.9 Å². The van der Waals surface area contributed by atoms with Crippen LogP contribution in [0.1, 0.15) is 22.3 Å². The maximum absolute atomic E-state index is 11.9. The van der Waals surface area contributed by atoms with E-state index in [9.17, 15) is 9.59 Å². The van der Waals surface area contributed by atoms with Crippen LogP contribution in [0, 0.1) is 6.92 Å². The summed E-state index contributed by atoms with van der Waals surface area (Å²) in [6, 6.07) is 7.25. The highest BCUT2D eigenvalue weighted by atomic mass is 35.5. The van der Waals surface area contributed by atoms with Crippen molar-refractivity contribution in [3.8, 4) is 10.6 Å². The molecule has 0 aliphatic rings. The number of nitrogens with zero attached hydrogens (tertiary/aromatic N) is 1. The van der Waals surface area contributed by atoms with E-state index in [2.05, 4.69) is 4.98 Å². The van der Waals surface area contributed by atoms with Gasteiger partial charge in [0.2, 0.25) is 0 Å². The number of hydrogen-bond donors (Lipinski definition) is 0. The number of benzene rings is 1. The molecule has 0 saturated heterocycles. The lowest BCUT2D eigenvalue weighted by atomic mass is 10.2. The number of ketones is 1. The molecule has 1 heterocycles. The average Bonchev–Trinajstić information content (AvgIpc) is 2.78. The Bertz CT molecular complexity index is 666. The zero-order chi connectivity index (χ0) is 14.7. The van der Waals surface area contributed by atoms with Gasteiger partial charge in [-0.1, -0.05) is 23.7 Å². The largest absolute Gasteiger partial charge is 0.453 e. The van der Waals surface area contributed by atoms with Crippen molar-refractivity contribution in [1.29, 1.82) is 0 Å². The van der Waals surface area contributed by atoms with Gasteiger partial charge in [-0.3, -0.25) is 4.79 Å². The molecule has 2 rings (SSSR count). The van der Waals surface area contributed by atoms with Gasteiger partial charge in [-0.2, -0.15) is 0 Å². The number of halogens is 1. The molecule has 0 aliphatic heterocycles. The molecule has 0 unspecified atom stereocenters. The van der Waals surface area contributed by atoms with E-state index in [1.807, 2.05) is 12.1 Å². The number of ether oxygens (including phenoxy) is 1. The predicted octanol–water partition coefficient (Wildman–Crippen LogP) is 3.52. The van der Waals surface area contributed by atoms with Crippen molar-refractivity contribution in [3.05, 3.63) is 39.9 Å². The standard InChI is InChI=1S/C14H12ClNO3S/c1-8(17)7-19-14(18)12-9(2)16-13(20-12)10-4-3-5-11(15)6-10/h3-6H,7H2,1-2H3. The van der Waals surface area contributed by atoms with E-state index >= 15 is 0 Å². The second kappa shape index (κ2) is 6.15. The van der Waals surface area contributed by atoms with Crippen molar-refractivity contribution in [2.24, 2.45) is 0 Å². The molecular formula is C14H12ClNO3S. The molecule has 0 atom stereocenters. The average molecular weight is 310 g/mol. The van der Waals surface area contributed by atoms with Crippen molar-refractivity contribution in [2.45, 2.75) is 13.8 Å². The summed E-state index contributed by atoms with van der Waals surface area (Å²) in [7, 11) is 0. The fourth-order valence-corrected chi connectivity index (χ4v) is 2.71. The minimum atomic E-state index is -0.525. The number of esters is 1. The lowest BCUT2D eigenvalue weighted by Gasteiger charge is -1.99. The maximum Gasteiger partial charge on any atom is 0.350 e. The number of carbonyl (C=O) groups is 2. The molecule has 6 heteroatoms. The van der Waals surface area contributed by atoms with Crippen molar-refractivity contribution in [3.63, 3.8) is 0 Å². The van der Waals surface area contributed by atoms with Crippen LogP contribution in [0.2, 0.25) is 5.02 Å². The first-order valence-corrected chi connectivity index (χ1v) is 7.06. The third kappa shape index (κ3) is 3.43. The molecule has 2 aromatic rings. The van der Waals surface area contributed by atoms with Gasteiger partial charge in [0.15, 0.2) is 5.78 Å². The summed E-state index contributed by atoms with van der Waals surface area (Å²) in [6.07, 6.45) is 0. The molecule has 0 spiro atoms. The van der Waals surface area contributed by atoms with Crippen molar-refractivity contribution in [1.82, 2.24) is 4.98 Å². The van der Waals surface area contributed by atoms with Gasteiger partial charge >= 0.3 is 5.97 Å². The summed E-state index contributed by atoms with van der Waals surface area (Å²) in [5, 5.41) is 1.30. The van der Waals surface area contributed by atoms with Crippen LogP contribution < -0.4 is 0 Å². The SMILES string of the molecule is CC(=O)COC(=O)c1sc(-c2cccc(Cl)c2)nc1C. The molecule has 104 valence electrons. The first kappa shape index (κ1) is 14.7. The van der Waals surface area contributed by atoms with Crippen LogP contribution in [0.4, 0.5) is 0 Å². The van der Waals surface area contributed by atoms with Crippen molar-refractivity contribution in [2.75, 3.05) is 6.61 Å². The van der Waals surface area contributed by atoms with Crippen LogP contribution in [0.3, 0.4) is 0 Å². The van der Waals surface area contributed by atoms with Crippen LogP contribution in [0.25, 0.3) is 10.6 Å². The van der Waals surface area contributed by atoms with Crippen molar-refractivity contribution >= 4 is 34.7 Å². The van der Waals surface area contributed by atoms with Crippen molar-refractivity contribution < 1.29 is 14.3 Å². The topological polar surface area (TPSA) is 56.3 Å². The monoisotopic (exact) mass is 309 g/mol. The summed E-state index contributed by atoms with van der Waals surface area (Å²) >= 11 is 7.16. The first-order chi connectivity index (χ1) is 9.47. The molecule has 0 N–H and O–H groups in total. The molecule has 0 radical (unpaired) electrons. The van der Waals surface area contributed by atoms with E-state index in [0.29, 0.717) is 20.6 Å². The van der Waals surface area contributed by atoms with Gasteiger partial charge in [0.1, 0.15) is 16.5 Å². The van der Waals surface area contributed by atoms with E-state index < -0.39 is 5.97 Å². The van der Waals surface area contributed by atoms with Gasteiger partial charge in [-0.05, 0) is 26.0 Å². The smallest absolute Gasteiger partial charge is 0.350 e. The Balaban J connectivity index is 2.25. The molecule has 0 amide bonds. The molecule has 0 fully saturated rings. The summed E-state index contributed by atoms with van der Waals surface area (Å²) in [5.74, 6) is -0.723. The Hall–Kier alpha value is -1.72. The molecule has 0 aliphatic carbocycles. The second-order valence-corrected chi connectivity index (χ2v) is 5.66. The summed E-state index contributed by atoms with van der Waals surface area (Å²) < 4.78 is 4.90. The molecule has 0 bridgehead atoms. The minimum absolute atomic E-state index is 0.199. The third-order valence-electron chi connectivity index (χ3n) is 2.46. The van der Waals surface area contributed by atoms with E-state index in [0.717, 1.165) is 5.56 Å². The third-order valence-corrected chi connectivity index (χ3v) is 3.88. The molecule has 20 heavy (non-hydrogen) atoms. The van der Waals surface area contributed by atoms with E-state index in [4.69, 9.17) is 16.3 Å². The van der Waals surface area contributed by atoms with Gasteiger partial charge < -0.3 is 4.74 Å². The Labute approximate surface area is 125 Å². The summed E-state index contributed by atoms with van der Waals surface area (Å²) in [6.45, 7) is 2.88. The van der Waals surface area contributed by atoms with E-state index in [1.165, 1.54) is 18.3 Å². The lowest BCUT2D eigenvalue weighted by molar-refractivity contribution is -0.120. The summed E-state index contributed by atoms with van der Waals surface area (Å²) in [4.78, 5) is 27.4. The number of aryl methyl sites for hydroxylation is 1. The number of carbonyl (C=O) groups excluding carboxylic acids is 2. The Morgan fingerprint density at radius 1 is 1.40 bits per heavy atom. The highest BCUT2D eigenvalue weighted by molar-refractivity contribution is 7.17. The van der Waals surface area contributed by atoms with Gasteiger partial charge in [0.25, 0.3) is 0 Å². The van der Waals surface area contributed by atoms with Gasteiger partial charge in [0.05, 0.1) is 5.69 Å². The van der Waals surface area contributed by atoms with Gasteiger partial charge in [-0.15, -0.1) is 11.3 Å². The highest BCUT2D eigenvalue weighted by Gasteiger charge is 2.18. The highest BCUT2D eigenvalue weighted by Crippen LogP contribution is 2.29. The number of rotatable bonds is 4. The fraction of sp³-hybridized carbons (Fsp3) is 0.214. The molecule has 0 saturated carbocycles. The van der Waals surface area contributed by atoms with Crippen LogP contribution in [0.15, 0.2) is 24.3 Å². The zero-order valence-electron chi connectivity index (χ0n) is 11.0. The lowest BCUT2D eigenvalue weighted by Crippen LogP contribution is -2.11. The molecule has 1 aromatic carbocycles. The number of Topliss-reactive ketones (excluding diaryl/α,β-unsaturated/α-hetero) is 1. The molecular weight excluding hydrogens is 298 g/mol. The zero-order valence-corrected chi connectivity index (χ0v) is 12.5. The normalized spacial score (nSPS) is 10.3. The number of hydrogen-bond acceptors (Lipinski definition) is 5. The fourth-order valence-electron chi connectivity index (χ4n) is 1.56. The van der Waals surface area contributed by atoms with E-state index in [-0.39, 0.29) is 12.4 Å². The minimum Gasteiger partial charge on any atom is -0.453 e. The molecule has 1 aromatic heterocycles. The quantitative estimate of drug-likeness (QED) is 0.811. The van der Waals surface area contributed by atoms with Crippen LogP contribution in [0.5, 0.6) is 0 Å². The van der Waals surface area contributed by atoms with Crippen LogP contribution in [-0.2, 0) is 9.53 Å². The second-order valence-electron chi connectivity index (χ2n) is 4.22. The number of thiazole rings is 1. The van der Waals surface area contributed by atoms with E-state index in [1.54, 1.807) is 19.1 Å². The maximum atomic E-state index is 11.9. The Morgan fingerprint density at radius 2 is 2.15 bits per heavy atom. The first-order valence-electron chi connectivity index (χ1n) is 5.87. The number of aromatic nitrogens is 1. The summed E-state index contributed by atoms with van der Waals surface area (Å²) in [5.41, 5.74) is 1.43. The van der Waals surface area contributed by atoms with Crippen LogP contribution in [-0.4, -0.2) is 23.3 Å². The molecule has 4 nitrogen and oxygen atoms in total. The predicted molar refractivity (Wildman–Crippen MR) is 78.3 cm³/mol.